The van der Waals surface area contributed by atoms with E-state index in [1.54, 1.807) is 0 Å². The van der Waals surface area contributed by atoms with Crippen LogP contribution in [0.1, 0.15) is 33.6 Å². The van der Waals surface area contributed by atoms with Crippen LogP contribution < -0.4 is 15.5 Å². The summed E-state index contributed by atoms with van der Waals surface area (Å²) in [6.07, 6.45) is 2.45. The predicted molar refractivity (Wildman–Crippen MR) is 96.7 cm³/mol. The molecule has 0 amide bonds. The van der Waals surface area contributed by atoms with Gasteiger partial charge in [0.1, 0.15) is 11.0 Å². The fraction of sp³-hybridized carbons (Fsp3) is 0.667. The molecule has 7 heteroatoms. The fourth-order valence-electron chi connectivity index (χ4n) is 2.46. The van der Waals surface area contributed by atoms with Gasteiger partial charge in [-0.2, -0.15) is 4.98 Å². The van der Waals surface area contributed by atoms with Gasteiger partial charge in [0.15, 0.2) is 5.11 Å². The Morgan fingerprint density at radius 1 is 1.50 bits per heavy atom. The zero-order chi connectivity index (χ0) is 16.1. The van der Waals surface area contributed by atoms with Gasteiger partial charge in [-0.1, -0.05) is 32.4 Å². The molecule has 22 heavy (non-hydrogen) atoms. The number of rotatable bonds is 4. The topological polar surface area (TPSA) is 53.1 Å². The third-order valence-corrected chi connectivity index (χ3v) is 4.00. The van der Waals surface area contributed by atoms with Gasteiger partial charge in [-0.3, -0.25) is 0 Å². The molecule has 1 aliphatic heterocycles. The second-order valence-corrected chi connectivity index (χ2v) is 7.09. The zero-order valence-electron chi connectivity index (χ0n) is 13.4. The molecule has 2 N–H and O–H groups in total. The molecule has 1 aliphatic rings. The van der Waals surface area contributed by atoms with E-state index in [1.165, 1.54) is 12.8 Å². The van der Waals surface area contributed by atoms with Crippen molar-refractivity contribution in [2.45, 2.75) is 33.6 Å². The number of nitrogens with zero attached hydrogens (tertiary/aromatic N) is 3. The summed E-state index contributed by atoms with van der Waals surface area (Å²) >= 11 is 11.4. The van der Waals surface area contributed by atoms with Crippen molar-refractivity contribution in [3.05, 3.63) is 11.2 Å². The summed E-state index contributed by atoms with van der Waals surface area (Å²) in [6, 6.07) is 1.81. The smallest absolute Gasteiger partial charge is 0.232 e. The molecular formula is C15H24ClN5S. The lowest BCUT2D eigenvalue weighted by Crippen LogP contribution is -2.35. The van der Waals surface area contributed by atoms with Crippen LogP contribution in [-0.4, -0.2) is 34.7 Å². The maximum Gasteiger partial charge on any atom is 0.232 e. The van der Waals surface area contributed by atoms with Crippen molar-refractivity contribution in [2.24, 2.45) is 11.8 Å². The van der Waals surface area contributed by atoms with Crippen molar-refractivity contribution >= 4 is 40.7 Å². The molecule has 2 rings (SSSR count). The highest BCUT2D eigenvalue weighted by atomic mass is 35.5. The number of halogens is 1. The van der Waals surface area contributed by atoms with Crippen LogP contribution in [0.25, 0.3) is 0 Å². The molecule has 1 saturated heterocycles. The number of piperidine rings is 1. The number of hydrogen-bond acceptors (Lipinski definition) is 4. The molecule has 0 aromatic carbocycles. The maximum atomic E-state index is 6.14. The minimum atomic E-state index is 0.428. The van der Waals surface area contributed by atoms with Gasteiger partial charge in [0.05, 0.1) is 0 Å². The molecule has 0 spiro atoms. The van der Waals surface area contributed by atoms with Gasteiger partial charge in [-0.15, -0.1) is 0 Å². The van der Waals surface area contributed by atoms with Crippen LogP contribution in [0, 0.1) is 11.8 Å². The predicted octanol–water partition coefficient (Wildman–Crippen LogP) is 3.31. The zero-order valence-corrected chi connectivity index (χ0v) is 15.0. The van der Waals surface area contributed by atoms with E-state index in [1.807, 2.05) is 6.07 Å². The van der Waals surface area contributed by atoms with Crippen molar-refractivity contribution < 1.29 is 0 Å². The van der Waals surface area contributed by atoms with Crippen molar-refractivity contribution in [3.8, 4) is 0 Å². The molecule has 0 saturated carbocycles. The Balaban J connectivity index is 2.04. The molecule has 1 aromatic heterocycles. The molecule has 1 fully saturated rings. The highest BCUT2D eigenvalue weighted by molar-refractivity contribution is 7.80. The van der Waals surface area contributed by atoms with Gasteiger partial charge in [0.2, 0.25) is 5.95 Å². The van der Waals surface area contributed by atoms with Gasteiger partial charge in [0.25, 0.3) is 0 Å². The monoisotopic (exact) mass is 341 g/mol. The first-order valence-corrected chi connectivity index (χ1v) is 8.57. The second kappa shape index (κ2) is 7.92. The van der Waals surface area contributed by atoms with Crippen molar-refractivity contribution in [2.75, 3.05) is 29.9 Å². The Morgan fingerprint density at radius 2 is 2.27 bits per heavy atom. The van der Waals surface area contributed by atoms with Crippen LogP contribution in [-0.2, 0) is 0 Å². The van der Waals surface area contributed by atoms with E-state index in [0.29, 0.717) is 28.0 Å². The van der Waals surface area contributed by atoms with Crippen LogP contribution >= 0.6 is 23.8 Å². The maximum absolute atomic E-state index is 6.14. The summed E-state index contributed by atoms with van der Waals surface area (Å²) in [4.78, 5) is 11.0. The van der Waals surface area contributed by atoms with E-state index in [9.17, 15) is 0 Å². The molecule has 0 aliphatic carbocycles. The molecule has 0 bridgehead atoms. The Labute approximate surface area is 142 Å². The number of hydrogen-bond donors (Lipinski definition) is 2. The summed E-state index contributed by atoms with van der Waals surface area (Å²) < 4.78 is 0. The average Bonchev–Trinajstić information content (AvgIpc) is 2.44. The van der Waals surface area contributed by atoms with Crippen LogP contribution in [0.15, 0.2) is 6.07 Å². The Bertz CT molecular complexity index is 523. The molecule has 2 heterocycles. The Morgan fingerprint density at radius 3 is 2.95 bits per heavy atom. The SMILES string of the molecule is CC(C)CNC(=S)Nc1nc(Cl)cc(N2CCCC(C)C2)n1. The largest absolute Gasteiger partial charge is 0.362 e. The highest BCUT2D eigenvalue weighted by Gasteiger charge is 2.19. The summed E-state index contributed by atoms with van der Waals surface area (Å²) in [5.74, 6) is 2.50. The molecule has 1 unspecified atom stereocenters. The summed E-state index contributed by atoms with van der Waals surface area (Å²) in [5, 5.41) is 7.11. The number of thiocarbonyl (C=S) groups is 1. The van der Waals surface area contributed by atoms with Gasteiger partial charge < -0.3 is 15.5 Å². The molecule has 0 radical (unpaired) electrons. The first-order chi connectivity index (χ1) is 10.4. The Hall–Kier alpha value is -1.14. The molecule has 1 aromatic rings. The van der Waals surface area contributed by atoms with Gasteiger partial charge in [-0.25, -0.2) is 4.98 Å². The summed E-state index contributed by atoms with van der Waals surface area (Å²) in [6.45, 7) is 9.33. The molecule has 5 nitrogen and oxygen atoms in total. The normalized spacial score (nSPS) is 18.4. The van der Waals surface area contributed by atoms with E-state index in [4.69, 9.17) is 23.8 Å². The Kier molecular flexibility index (Phi) is 6.20. The van der Waals surface area contributed by atoms with E-state index in [0.717, 1.165) is 25.5 Å². The summed E-state index contributed by atoms with van der Waals surface area (Å²) in [5.41, 5.74) is 0. The van der Waals surface area contributed by atoms with E-state index < -0.39 is 0 Å². The first-order valence-electron chi connectivity index (χ1n) is 7.78. The van der Waals surface area contributed by atoms with Gasteiger partial charge in [0, 0.05) is 25.7 Å². The van der Waals surface area contributed by atoms with Crippen LogP contribution in [0.4, 0.5) is 11.8 Å². The minimum Gasteiger partial charge on any atom is -0.362 e. The number of aromatic nitrogens is 2. The third-order valence-electron chi connectivity index (χ3n) is 3.56. The van der Waals surface area contributed by atoms with Crippen molar-refractivity contribution in [1.82, 2.24) is 15.3 Å². The molecule has 122 valence electrons. The van der Waals surface area contributed by atoms with E-state index in [2.05, 4.69) is 46.3 Å². The number of nitrogens with one attached hydrogen (secondary N) is 2. The number of anilines is 2. The van der Waals surface area contributed by atoms with Gasteiger partial charge in [-0.05, 0) is 36.9 Å². The standard InChI is InChI=1S/C15H24ClN5S/c1-10(2)8-17-15(22)20-14-18-12(16)7-13(19-14)21-6-4-5-11(3)9-21/h7,10-11H,4-6,8-9H2,1-3H3,(H2,17,18,19,20,22). The quantitative estimate of drug-likeness (QED) is 0.647. The molecular weight excluding hydrogens is 318 g/mol. The minimum absolute atomic E-state index is 0.428. The van der Waals surface area contributed by atoms with Crippen LogP contribution in [0.2, 0.25) is 5.15 Å². The molecule has 1 atom stereocenters. The van der Waals surface area contributed by atoms with Crippen molar-refractivity contribution in [1.29, 1.82) is 0 Å². The van der Waals surface area contributed by atoms with Gasteiger partial charge >= 0.3 is 0 Å². The van der Waals surface area contributed by atoms with Crippen molar-refractivity contribution in [3.63, 3.8) is 0 Å². The summed E-state index contributed by atoms with van der Waals surface area (Å²) in [7, 11) is 0. The lowest BCUT2D eigenvalue weighted by atomic mass is 10.0. The van der Waals surface area contributed by atoms with Crippen LogP contribution in [0.3, 0.4) is 0 Å². The lowest BCUT2D eigenvalue weighted by molar-refractivity contribution is 0.444. The fourth-order valence-corrected chi connectivity index (χ4v) is 2.82. The highest BCUT2D eigenvalue weighted by Crippen LogP contribution is 2.24. The average molecular weight is 342 g/mol. The second-order valence-electron chi connectivity index (χ2n) is 6.29. The first kappa shape index (κ1) is 17.2. The van der Waals surface area contributed by atoms with E-state index in [-0.39, 0.29) is 0 Å². The van der Waals surface area contributed by atoms with Crippen LogP contribution in [0.5, 0.6) is 0 Å². The lowest BCUT2D eigenvalue weighted by Gasteiger charge is -2.32. The third kappa shape index (κ3) is 5.25. The van der Waals surface area contributed by atoms with E-state index >= 15 is 0 Å².